The van der Waals surface area contributed by atoms with Gasteiger partial charge in [-0.15, -0.1) is 11.3 Å². The van der Waals surface area contributed by atoms with Gasteiger partial charge in [-0.1, -0.05) is 30.3 Å². The van der Waals surface area contributed by atoms with Crippen molar-refractivity contribution in [1.82, 2.24) is 0 Å². The molecular formula is C15H10F2OS. The molecule has 0 bridgehead atoms. The summed E-state index contributed by atoms with van der Waals surface area (Å²) in [7, 11) is 1.26. The molecular weight excluding hydrogens is 266 g/mol. The molecule has 4 heteroatoms. The highest BCUT2D eigenvalue weighted by Gasteiger charge is 2.17. The van der Waals surface area contributed by atoms with Gasteiger partial charge in [-0.25, -0.2) is 8.78 Å². The fourth-order valence-corrected chi connectivity index (χ4v) is 3.10. The van der Waals surface area contributed by atoms with Crippen molar-refractivity contribution in [3.05, 3.63) is 54.1 Å². The van der Waals surface area contributed by atoms with Gasteiger partial charge in [-0.05, 0) is 23.1 Å². The molecule has 1 heterocycles. The average Bonchev–Trinajstić information content (AvgIpc) is 2.84. The standard InChI is InChI=1S/C15H10F2OS/c1-18-14-11(16)7-10-8-12(19-15(10)13(14)17)9-5-3-2-4-6-9/h2-8H,1H3. The third-order valence-electron chi connectivity index (χ3n) is 2.92. The first-order chi connectivity index (χ1) is 9.20. The van der Waals surface area contributed by atoms with Crippen LogP contribution in [0.3, 0.4) is 0 Å². The third kappa shape index (κ3) is 1.98. The van der Waals surface area contributed by atoms with Gasteiger partial charge in [0.1, 0.15) is 0 Å². The average molecular weight is 276 g/mol. The number of fused-ring (bicyclic) bond motifs is 1. The lowest BCUT2D eigenvalue weighted by Gasteiger charge is -2.03. The first-order valence-corrected chi connectivity index (χ1v) is 6.53. The predicted molar refractivity (Wildman–Crippen MR) is 73.7 cm³/mol. The second kappa shape index (κ2) is 4.63. The molecule has 3 aromatic rings. The zero-order valence-corrected chi connectivity index (χ0v) is 10.9. The molecule has 1 nitrogen and oxygen atoms in total. The number of ether oxygens (including phenoxy) is 1. The lowest BCUT2D eigenvalue weighted by atomic mass is 10.1. The van der Waals surface area contributed by atoms with Crippen LogP contribution in [0.15, 0.2) is 42.5 Å². The van der Waals surface area contributed by atoms with E-state index in [1.54, 1.807) is 6.07 Å². The molecule has 0 aliphatic rings. The zero-order valence-electron chi connectivity index (χ0n) is 10.1. The van der Waals surface area contributed by atoms with E-state index in [1.165, 1.54) is 24.5 Å². The Kier molecular flexibility index (Phi) is 2.95. The van der Waals surface area contributed by atoms with E-state index in [-0.39, 0.29) is 5.75 Å². The Morgan fingerprint density at radius 1 is 1.05 bits per heavy atom. The second-order valence-corrected chi connectivity index (χ2v) is 5.15. The molecule has 96 valence electrons. The van der Waals surface area contributed by atoms with Crippen molar-refractivity contribution < 1.29 is 13.5 Å². The van der Waals surface area contributed by atoms with Crippen molar-refractivity contribution in [1.29, 1.82) is 0 Å². The Labute approximate surface area is 113 Å². The molecule has 2 aromatic carbocycles. The monoisotopic (exact) mass is 276 g/mol. The SMILES string of the molecule is COc1c(F)cc2cc(-c3ccccc3)sc2c1F. The van der Waals surface area contributed by atoms with Crippen molar-refractivity contribution in [2.75, 3.05) is 7.11 Å². The lowest BCUT2D eigenvalue weighted by Crippen LogP contribution is -1.92. The minimum absolute atomic E-state index is 0.325. The minimum atomic E-state index is -0.676. The molecule has 0 saturated carbocycles. The quantitative estimate of drug-likeness (QED) is 0.649. The van der Waals surface area contributed by atoms with E-state index in [0.29, 0.717) is 10.1 Å². The molecule has 0 amide bonds. The van der Waals surface area contributed by atoms with Gasteiger partial charge in [0.15, 0.2) is 17.4 Å². The summed E-state index contributed by atoms with van der Waals surface area (Å²) in [4.78, 5) is 0.905. The van der Waals surface area contributed by atoms with Crippen molar-refractivity contribution in [3.63, 3.8) is 0 Å². The summed E-state index contributed by atoms with van der Waals surface area (Å²) < 4.78 is 32.9. The Bertz CT molecular complexity index is 735. The molecule has 0 spiro atoms. The highest BCUT2D eigenvalue weighted by molar-refractivity contribution is 7.22. The third-order valence-corrected chi connectivity index (χ3v) is 4.11. The number of halogens is 2. The van der Waals surface area contributed by atoms with E-state index in [9.17, 15) is 8.78 Å². The van der Waals surface area contributed by atoms with Gasteiger partial charge in [-0.2, -0.15) is 0 Å². The number of thiophene rings is 1. The largest absolute Gasteiger partial charge is 0.491 e. The van der Waals surface area contributed by atoms with E-state index in [1.807, 2.05) is 30.3 Å². The maximum atomic E-state index is 14.1. The number of rotatable bonds is 2. The van der Waals surface area contributed by atoms with Crippen molar-refractivity contribution in [2.24, 2.45) is 0 Å². The molecule has 19 heavy (non-hydrogen) atoms. The van der Waals surface area contributed by atoms with Crippen LogP contribution < -0.4 is 4.74 Å². The Morgan fingerprint density at radius 3 is 2.47 bits per heavy atom. The van der Waals surface area contributed by atoms with Crippen LogP contribution in [-0.2, 0) is 0 Å². The molecule has 0 aliphatic carbocycles. The van der Waals surface area contributed by atoms with E-state index in [0.717, 1.165) is 10.4 Å². The smallest absolute Gasteiger partial charge is 0.191 e. The van der Waals surface area contributed by atoms with Gasteiger partial charge in [0.2, 0.25) is 0 Å². The summed E-state index contributed by atoms with van der Waals surface area (Å²) in [6.07, 6.45) is 0. The summed E-state index contributed by atoms with van der Waals surface area (Å²) in [5, 5.41) is 0.555. The maximum absolute atomic E-state index is 14.1. The first kappa shape index (κ1) is 12.1. The van der Waals surface area contributed by atoms with Gasteiger partial charge in [0.25, 0.3) is 0 Å². The highest BCUT2D eigenvalue weighted by atomic mass is 32.1. The van der Waals surface area contributed by atoms with Crippen molar-refractivity contribution in [2.45, 2.75) is 0 Å². The Morgan fingerprint density at radius 2 is 1.79 bits per heavy atom. The fraction of sp³-hybridized carbons (Fsp3) is 0.0667. The van der Waals surface area contributed by atoms with Crippen LogP contribution in [0.1, 0.15) is 0 Å². The van der Waals surface area contributed by atoms with Crippen molar-refractivity contribution in [3.8, 4) is 16.2 Å². The van der Waals surface area contributed by atoms with Crippen LogP contribution in [0, 0.1) is 11.6 Å². The summed E-state index contributed by atoms with van der Waals surface area (Å²) >= 11 is 1.29. The summed E-state index contributed by atoms with van der Waals surface area (Å²) in [6.45, 7) is 0. The number of methoxy groups -OCH3 is 1. The Hall–Kier alpha value is -1.94. The van der Waals surface area contributed by atoms with E-state index < -0.39 is 11.6 Å². The number of hydrogen-bond donors (Lipinski definition) is 0. The molecule has 0 saturated heterocycles. The topological polar surface area (TPSA) is 9.23 Å². The van der Waals surface area contributed by atoms with Gasteiger partial charge < -0.3 is 4.74 Å². The molecule has 3 rings (SSSR count). The second-order valence-electron chi connectivity index (χ2n) is 4.10. The molecule has 0 fully saturated rings. The zero-order chi connectivity index (χ0) is 13.4. The first-order valence-electron chi connectivity index (χ1n) is 5.71. The van der Waals surface area contributed by atoms with Gasteiger partial charge in [-0.3, -0.25) is 0 Å². The predicted octanol–water partition coefficient (Wildman–Crippen LogP) is 4.86. The molecule has 0 atom stereocenters. The molecule has 0 radical (unpaired) electrons. The van der Waals surface area contributed by atoms with Crippen LogP contribution in [0.2, 0.25) is 0 Å². The van der Waals surface area contributed by atoms with E-state index >= 15 is 0 Å². The van der Waals surface area contributed by atoms with Crippen LogP contribution in [0.25, 0.3) is 20.5 Å². The van der Waals surface area contributed by atoms with Crippen LogP contribution in [0.5, 0.6) is 5.75 Å². The van der Waals surface area contributed by atoms with E-state index in [4.69, 9.17) is 4.74 Å². The summed E-state index contributed by atoms with van der Waals surface area (Å²) in [5.41, 5.74) is 0.988. The normalized spacial score (nSPS) is 10.9. The molecule has 0 unspecified atom stereocenters. The van der Waals surface area contributed by atoms with Crippen LogP contribution in [-0.4, -0.2) is 7.11 Å². The van der Waals surface area contributed by atoms with Gasteiger partial charge in [0, 0.05) is 4.88 Å². The number of hydrogen-bond acceptors (Lipinski definition) is 2. The highest BCUT2D eigenvalue weighted by Crippen LogP contribution is 2.38. The van der Waals surface area contributed by atoms with Crippen LogP contribution in [0.4, 0.5) is 8.78 Å². The van der Waals surface area contributed by atoms with Crippen molar-refractivity contribution >= 4 is 21.4 Å². The summed E-state index contributed by atoms with van der Waals surface area (Å²) in [6, 6.07) is 12.7. The maximum Gasteiger partial charge on any atom is 0.191 e. The molecule has 0 N–H and O–H groups in total. The minimum Gasteiger partial charge on any atom is -0.491 e. The van der Waals surface area contributed by atoms with Gasteiger partial charge in [0.05, 0.1) is 11.8 Å². The van der Waals surface area contributed by atoms with Gasteiger partial charge >= 0.3 is 0 Å². The molecule has 0 aliphatic heterocycles. The summed E-state index contributed by atoms with van der Waals surface area (Å²) in [5.74, 6) is -1.64. The Balaban J connectivity index is 2.24. The number of benzene rings is 2. The van der Waals surface area contributed by atoms with Crippen LogP contribution >= 0.6 is 11.3 Å². The fourth-order valence-electron chi connectivity index (χ4n) is 2.03. The molecule has 1 aromatic heterocycles. The van der Waals surface area contributed by atoms with E-state index in [2.05, 4.69) is 0 Å². The lowest BCUT2D eigenvalue weighted by molar-refractivity contribution is 0.363.